The van der Waals surface area contributed by atoms with E-state index in [1.165, 1.54) is 5.56 Å². The number of benzene rings is 1. The molecular weight excluding hydrogens is 318 g/mol. The Morgan fingerprint density at radius 2 is 1.72 bits per heavy atom. The van der Waals surface area contributed by atoms with Crippen molar-refractivity contribution in [3.63, 3.8) is 0 Å². The van der Waals surface area contributed by atoms with Crippen LogP contribution < -0.4 is 5.32 Å². The standard InChI is InChI=1S/C19H27N3O3/c23-18(14-20-19(24)17-6-12-25-13-7-17)22-10-8-21(9-11-22)15-16-4-2-1-3-5-16/h1-5,17H,6-15H2,(H,20,24). The predicted molar refractivity (Wildman–Crippen MR) is 94.9 cm³/mol. The Hall–Kier alpha value is -1.92. The summed E-state index contributed by atoms with van der Waals surface area (Å²) in [5.74, 6) is -0.0107. The van der Waals surface area contributed by atoms with Crippen LogP contribution in [-0.4, -0.2) is 67.6 Å². The summed E-state index contributed by atoms with van der Waals surface area (Å²) in [5, 5.41) is 2.80. The van der Waals surface area contributed by atoms with Crippen LogP contribution in [0.1, 0.15) is 18.4 Å². The zero-order valence-electron chi connectivity index (χ0n) is 14.7. The van der Waals surface area contributed by atoms with Crippen LogP contribution in [-0.2, 0) is 20.9 Å². The van der Waals surface area contributed by atoms with Crippen molar-refractivity contribution < 1.29 is 14.3 Å². The first-order valence-electron chi connectivity index (χ1n) is 9.12. The Morgan fingerprint density at radius 1 is 1.04 bits per heavy atom. The summed E-state index contributed by atoms with van der Waals surface area (Å²) in [7, 11) is 0. The first-order valence-corrected chi connectivity index (χ1v) is 9.12. The topological polar surface area (TPSA) is 61.9 Å². The molecule has 136 valence electrons. The van der Waals surface area contributed by atoms with Gasteiger partial charge in [0.1, 0.15) is 0 Å². The molecule has 1 aromatic rings. The fourth-order valence-electron chi connectivity index (χ4n) is 3.38. The van der Waals surface area contributed by atoms with Gasteiger partial charge in [-0.3, -0.25) is 14.5 Å². The van der Waals surface area contributed by atoms with Crippen molar-refractivity contribution in [1.82, 2.24) is 15.1 Å². The van der Waals surface area contributed by atoms with Crippen molar-refractivity contribution in [3.8, 4) is 0 Å². The third-order valence-corrected chi connectivity index (χ3v) is 4.98. The van der Waals surface area contributed by atoms with Gasteiger partial charge in [-0.15, -0.1) is 0 Å². The number of amides is 2. The van der Waals surface area contributed by atoms with Gasteiger partial charge >= 0.3 is 0 Å². The number of piperazine rings is 1. The Balaban J connectivity index is 1.37. The molecule has 0 atom stereocenters. The lowest BCUT2D eigenvalue weighted by Gasteiger charge is -2.35. The normalized spacial score (nSPS) is 19.6. The average Bonchev–Trinajstić information content (AvgIpc) is 2.68. The van der Waals surface area contributed by atoms with Crippen LogP contribution in [0.25, 0.3) is 0 Å². The molecular formula is C19H27N3O3. The van der Waals surface area contributed by atoms with Crippen LogP contribution in [0, 0.1) is 5.92 Å². The molecule has 2 saturated heterocycles. The molecule has 6 heteroatoms. The van der Waals surface area contributed by atoms with E-state index >= 15 is 0 Å². The molecule has 2 amide bonds. The second-order valence-electron chi connectivity index (χ2n) is 6.75. The summed E-state index contributed by atoms with van der Waals surface area (Å²) in [4.78, 5) is 28.6. The molecule has 0 unspecified atom stereocenters. The van der Waals surface area contributed by atoms with E-state index in [4.69, 9.17) is 4.74 Å². The van der Waals surface area contributed by atoms with Gasteiger partial charge in [-0.25, -0.2) is 0 Å². The Labute approximate surface area is 149 Å². The number of rotatable bonds is 5. The van der Waals surface area contributed by atoms with Crippen molar-refractivity contribution in [2.24, 2.45) is 5.92 Å². The van der Waals surface area contributed by atoms with Gasteiger partial charge in [-0.2, -0.15) is 0 Å². The number of ether oxygens (including phenoxy) is 1. The monoisotopic (exact) mass is 345 g/mol. The highest BCUT2D eigenvalue weighted by molar-refractivity contribution is 5.85. The van der Waals surface area contributed by atoms with E-state index in [0.29, 0.717) is 13.2 Å². The zero-order chi connectivity index (χ0) is 17.5. The van der Waals surface area contributed by atoms with Crippen LogP contribution in [0.2, 0.25) is 0 Å². The Bertz CT molecular complexity index is 565. The fourth-order valence-corrected chi connectivity index (χ4v) is 3.38. The van der Waals surface area contributed by atoms with E-state index in [0.717, 1.165) is 45.6 Å². The van der Waals surface area contributed by atoms with E-state index in [2.05, 4.69) is 34.5 Å². The highest BCUT2D eigenvalue weighted by Crippen LogP contribution is 2.14. The van der Waals surface area contributed by atoms with E-state index in [1.807, 2.05) is 11.0 Å². The van der Waals surface area contributed by atoms with Crippen LogP contribution in [0.4, 0.5) is 0 Å². The van der Waals surface area contributed by atoms with Crippen molar-refractivity contribution in [2.75, 3.05) is 45.9 Å². The quantitative estimate of drug-likeness (QED) is 0.860. The highest BCUT2D eigenvalue weighted by Gasteiger charge is 2.24. The van der Waals surface area contributed by atoms with Gasteiger partial charge in [-0.05, 0) is 18.4 Å². The molecule has 2 aliphatic heterocycles. The molecule has 0 spiro atoms. The van der Waals surface area contributed by atoms with Crippen LogP contribution in [0.3, 0.4) is 0 Å². The zero-order valence-corrected chi connectivity index (χ0v) is 14.7. The fraction of sp³-hybridized carbons (Fsp3) is 0.579. The minimum Gasteiger partial charge on any atom is -0.381 e. The van der Waals surface area contributed by atoms with Gasteiger partial charge in [0.05, 0.1) is 6.54 Å². The van der Waals surface area contributed by atoms with Gasteiger partial charge in [0.2, 0.25) is 11.8 Å². The average molecular weight is 345 g/mol. The molecule has 1 aromatic carbocycles. The van der Waals surface area contributed by atoms with Gasteiger partial charge in [0, 0.05) is 51.9 Å². The van der Waals surface area contributed by atoms with Gasteiger partial charge in [-0.1, -0.05) is 30.3 Å². The Morgan fingerprint density at radius 3 is 2.40 bits per heavy atom. The number of hydrogen-bond donors (Lipinski definition) is 1. The van der Waals surface area contributed by atoms with E-state index < -0.39 is 0 Å². The maximum absolute atomic E-state index is 12.3. The molecule has 1 N–H and O–H groups in total. The summed E-state index contributed by atoms with van der Waals surface area (Å²) >= 11 is 0. The summed E-state index contributed by atoms with van der Waals surface area (Å²) in [5.41, 5.74) is 1.30. The molecule has 2 heterocycles. The maximum atomic E-state index is 12.3. The van der Waals surface area contributed by atoms with Crippen molar-refractivity contribution in [2.45, 2.75) is 19.4 Å². The van der Waals surface area contributed by atoms with E-state index in [1.54, 1.807) is 0 Å². The predicted octanol–water partition coefficient (Wildman–Crippen LogP) is 0.874. The van der Waals surface area contributed by atoms with Crippen molar-refractivity contribution in [3.05, 3.63) is 35.9 Å². The summed E-state index contributed by atoms with van der Waals surface area (Å²) in [6, 6.07) is 10.4. The molecule has 0 saturated carbocycles. The minimum atomic E-state index is -0.0145. The molecule has 0 radical (unpaired) electrons. The lowest BCUT2D eigenvalue weighted by atomic mass is 9.99. The second kappa shape index (κ2) is 8.97. The first-order chi connectivity index (χ1) is 12.2. The lowest BCUT2D eigenvalue weighted by molar-refractivity contribution is -0.136. The molecule has 0 aliphatic carbocycles. The minimum absolute atomic E-state index is 0.00994. The van der Waals surface area contributed by atoms with Gasteiger partial charge in [0.25, 0.3) is 0 Å². The number of carbonyl (C=O) groups is 2. The third kappa shape index (κ3) is 5.28. The molecule has 0 bridgehead atoms. The van der Waals surface area contributed by atoms with Crippen molar-refractivity contribution >= 4 is 11.8 Å². The van der Waals surface area contributed by atoms with E-state index in [-0.39, 0.29) is 24.3 Å². The van der Waals surface area contributed by atoms with Crippen molar-refractivity contribution in [1.29, 1.82) is 0 Å². The third-order valence-electron chi connectivity index (χ3n) is 4.98. The largest absolute Gasteiger partial charge is 0.381 e. The van der Waals surface area contributed by atoms with Crippen LogP contribution >= 0.6 is 0 Å². The second-order valence-corrected chi connectivity index (χ2v) is 6.75. The summed E-state index contributed by atoms with van der Waals surface area (Å²) in [6.45, 7) is 5.48. The molecule has 3 rings (SSSR count). The summed E-state index contributed by atoms with van der Waals surface area (Å²) < 4.78 is 5.26. The number of nitrogens with zero attached hydrogens (tertiary/aromatic N) is 2. The molecule has 2 fully saturated rings. The highest BCUT2D eigenvalue weighted by atomic mass is 16.5. The van der Waals surface area contributed by atoms with E-state index in [9.17, 15) is 9.59 Å². The smallest absolute Gasteiger partial charge is 0.242 e. The summed E-state index contributed by atoms with van der Waals surface area (Å²) in [6.07, 6.45) is 1.50. The lowest BCUT2D eigenvalue weighted by Crippen LogP contribution is -2.51. The van der Waals surface area contributed by atoms with Gasteiger partial charge < -0.3 is 15.0 Å². The molecule has 25 heavy (non-hydrogen) atoms. The number of carbonyl (C=O) groups excluding carboxylic acids is 2. The maximum Gasteiger partial charge on any atom is 0.242 e. The molecule has 2 aliphatic rings. The van der Waals surface area contributed by atoms with Crippen LogP contribution in [0.15, 0.2) is 30.3 Å². The molecule has 6 nitrogen and oxygen atoms in total. The Kier molecular flexibility index (Phi) is 6.42. The van der Waals surface area contributed by atoms with Gasteiger partial charge in [0.15, 0.2) is 0 Å². The SMILES string of the molecule is O=C(NCC(=O)N1CCN(Cc2ccccc2)CC1)C1CCOCC1. The first kappa shape index (κ1) is 17.9. The van der Waals surface area contributed by atoms with Crippen LogP contribution in [0.5, 0.6) is 0 Å². The number of nitrogens with one attached hydrogen (secondary N) is 1. The number of hydrogen-bond acceptors (Lipinski definition) is 4. The molecule has 0 aromatic heterocycles.